The third kappa shape index (κ3) is 3.40. The fraction of sp³-hybridized carbons (Fsp3) is 0.429. The molecule has 1 aliphatic rings. The first-order valence-electron chi connectivity index (χ1n) is 6.34. The molecule has 4 nitrogen and oxygen atoms in total. The van der Waals surface area contributed by atoms with Crippen LogP contribution in [0.3, 0.4) is 0 Å². The van der Waals surface area contributed by atoms with E-state index in [1.807, 2.05) is 30.2 Å². The number of hydrogen-bond acceptors (Lipinski definition) is 3. The van der Waals surface area contributed by atoms with Crippen LogP contribution in [-0.4, -0.2) is 42.0 Å². The number of amides is 1. The molecule has 18 heavy (non-hydrogen) atoms. The van der Waals surface area contributed by atoms with E-state index < -0.39 is 0 Å². The van der Waals surface area contributed by atoms with Crippen molar-refractivity contribution in [3.05, 3.63) is 36.2 Å². The maximum atomic E-state index is 12.0. The van der Waals surface area contributed by atoms with E-state index in [9.17, 15) is 4.79 Å². The second kappa shape index (κ2) is 6.31. The molecule has 0 bridgehead atoms. The Kier molecular flexibility index (Phi) is 4.47. The molecule has 1 amide bonds. The Morgan fingerprint density at radius 1 is 1.61 bits per heavy atom. The third-order valence-corrected chi connectivity index (χ3v) is 3.24. The molecule has 1 aliphatic heterocycles. The van der Waals surface area contributed by atoms with Crippen LogP contribution in [-0.2, 0) is 4.79 Å². The van der Waals surface area contributed by atoms with Crippen molar-refractivity contribution >= 4 is 12.0 Å². The largest absolute Gasteiger partial charge is 0.338 e. The Hall–Kier alpha value is -1.68. The van der Waals surface area contributed by atoms with E-state index in [2.05, 4.69) is 10.3 Å². The van der Waals surface area contributed by atoms with Crippen molar-refractivity contribution in [3.8, 4) is 0 Å². The van der Waals surface area contributed by atoms with Crippen LogP contribution < -0.4 is 5.32 Å². The molecule has 2 rings (SSSR count). The van der Waals surface area contributed by atoms with Gasteiger partial charge in [-0.1, -0.05) is 6.07 Å². The van der Waals surface area contributed by atoms with Gasteiger partial charge in [0.25, 0.3) is 0 Å². The average molecular weight is 245 g/mol. The summed E-state index contributed by atoms with van der Waals surface area (Å²) < 4.78 is 0. The smallest absolute Gasteiger partial charge is 0.246 e. The number of carbonyl (C=O) groups excluding carboxylic acids is 1. The molecule has 4 heteroatoms. The van der Waals surface area contributed by atoms with Gasteiger partial charge < -0.3 is 10.2 Å². The van der Waals surface area contributed by atoms with Gasteiger partial charge in [0.2, 0.25) is 5.91 Å². The standard InChI is InChI=1S/C14H19N3O/c1-15-13-5-3-9-17(11-13)14(18)7-6-12-4-2-8-16-10-12/h2,4,6-8,10,13,15H,3,5,9,11H2,1H3. The number of nitrogens with zero attached hydrogens (tertiary/aromatic N) is 2. The highest BCUT2D eigenvalue weighted by atomic mass is 16.2. The van der Waals surface area contributed by atoms with Crippen LogP contribution >= 0.6 is 0 Å². The van der Waals surface area contributed by atoms with Gasteiger partial charge in [0.15, 0.2) is 0 Å². The van der Waals surface area contributed by atoms with Gasteiger partial charge in [0, 0.05) is 37.6 Å². The van der Waals surface area contributed by atoms with Crippen LogP contribution in [0.2, 0.25) is 0 Å². The summed E-state index contributed by atoms with van der Waals surface area (Å²) in [5.41, 5.74) is 0.952. The van der Waals surface area contributed by atoms with Gasteiger partial charge in [-0.05, 0) is 37.6 Å². The van der Waals surface area contributed by atoms with Crippen molar-refractivity contribution in [2.24, 2.45) is 0 Å². The van der Waals surface area contributed by atoms with E-state index >= 15 is 0 Å². The number of likely N-dealkylation sites (tertiary alicyclic amines) is 1. The second-order valence-corrected chi connectivity index (χ2v) is 4.53. The third-order valence-electron chi connectivity index (χ3n) is 3.24. The van der Waals surface area contributed by atoms with E-state index in [0.717, 1.165) is 31.5 Å². The highest BCUT2D eigenvalue weighted by Gasteiger charge is 2.20. The number of aromatic nitrogens is 1. The minimum Gasteiger partial charge on any atom is -0.338 e. The molecule has 0 spiro atoms. The summed E-state index contributed by atoms with van der Waals surface area (Å²) in [6.07, 6.45) is 9.13. The molecule has 2 heterocycles. The van der Waals surface area contributed by atoms with Gasteiger partial charge in [0.05, 0.1) is 0 Å². The molecule has 1 saturated heterocycles. The van der Waals surface area contributed by atoms with Crippen LogP contribution in [0.1, 0.15) is 18.4 Å². The van der Waals surface area contributed by atoms with Crippen LogP contribution in [0.15, 0.2) is 30.6 Å². The first kappa shape index (κ1) is 12.8. The van der Waals surface area contributed by atoms with Crippen LogP contribution in [0.5, 0.6) is 0 Å². The normalized spacial score (nSPS) is 20.3. The fourth-order valence-corrected chi connectivity index (χ4v) is 2.16. The van der Waals surface area contributed by atoms with Gasteiger partial charge in [-0.15, -0.1) is 0 Å². The predicted molar refractivity (Wildman–Crippen MR) is 71.9 cm³/mol. The molecule has 96 valence electrons. The number of pyridine rings is 1. The van der Waals surface area contributed by atoms with Gasteiger partial charge in [-0.3, -0.25) is 9.78 Å². The van der Waals surface area contributed by atoms with E-state index in [-0.39, 0.29) is 5.91 Å². The molecule has 1 atom stereocenters. The van der Waals surface area contributed by atoms with Crippen LogP contribution in [0, 0.1) is 0 Å². The van der Waals surface area contributed by atoms with Gasteiger partial charge in [-0.25, -0.2) is 0 Å². The molecule has 1 N–H and O–H groups in total. The topological polar surface area (TPSA) is 45.2 Å². The summed E-state index contributed by atoms with van der Waals surface area (Å²) in [6, 6.07) is 4.22. The van der Waals surface area contributed by atoms with Crippen molar-refractivity contribution in [1.82, 2.24) is 15.2 Å². The molecular formula is C14H19N3O. The maximum absolute atomic E-state index is 12.0. The van der Waals surface area contributed by atoms with E-state index in [1.165, 1.54) is 0 Å². The molecule has 1 aromatic heterocycles. The first-order valence-corrected chi connectivity index (χ1v) is 6.34. The van der Waals surface area contributed by atoms with Gasteiger partial charge in [-0.2, -0.15) is 0 Å². The molecule has 0 radical (unpaired) electrons. The van der Waals surface area contributed by atoms with Crippen LogP contribution in [0.4, 0.5) is 0 Å². The highest BCUT2D eigenvalue weighted by Crippen LogP contribution is 2.10. The second-order valence-electron chi connectivity index (χ2n) is 4.53. The molecule has 0 aliphatic carbocycles. The van der Waals surface area contributed by atoms with Gasteiger partial charge >= 0.3 is 0 Å². The average Bonchev–Trinajstić information content (AvgIpc) is 2.46. The predicted octanol–water partition coefficient (Wildman–Crippen LogP) is 1.31. The highest BCUT2D eigenvalue weighted by molar-refractivity contribution is 5.91. The van der Waals surface area contributed by atoms with Crippen molar-refractivity contribution < 1.29 is 4.79 Å². The lowest BCUT2D eigenvalue weighted by Crippen LogP contribution is -2.46. The zero-order valence-corrected chi connectivity index (χ0v) is 10.7. The molecule has 1 aromatic rings. The number of carbonyl (C=O) groups is 1. The number of hydrogen-bond donors (Lipinski definition) is 1. The summed E-state index contributed by atoms with van der Waals surface area (Å²) in [4.78, 5) is 17.9. The zero-order chi connectivity index (χ0) is 12.8. The van der Waals surface area contributed by atoms with E-state index in [1.54, 1.807) is 18.5 Å². The maximum Gasteiger partial charge on any atom is 0.246 e. The Bertz CT molecular complexity index is 416. The molecule has 0 aromatic carbocycles. The minimum atomic E-state index is 0.0822. The summed E-state index contributed by atoms with van der Waals surface area (Å²) >= 11 is 0. The lowest BCUT2D eigenvalue weighted by atomic mass is 10.1. The lowest BCUT2D eigenvalue weighted by Gasteiger charge is -2.31. The van der Waals surface area contributed by atoms with Crippen molar-refractivity contribution in [2.75, 3.05) is 20.1 Å². The summed E-state index contributed by atoms with van der Waals surface area (Å²) in [5.74, 6) is 0.0822. The van der Waals surface area contributed by atoms with Crippen molar-refractivity contribution in [1.29, 1.82) is 0 Å². The number of nitrogens with one attached hydrogen (secondary N) is 1. The van der Waals surface area contributed by atoms with Crippen molar-refractivity contribution in [2.45, 2.75) is 18.9 Å². The molecule has 1 unspecified atom stereocenters. The Labute approximate surface area is 108 Å². The zero-order valence-electron chi connectivity index (χ0n) is 10.7. The molecule has 1 fully saturated rings. The first-order chi connectivity index (χ1) is 8.79. The quantitative estimate of drug-likeness (QED) is 0.817. The molecule has 0 saturated carbocycles. The minimum absolute atomic E-state index is 0.0822. The molecular weight excluding hydrogens is 226 g/mol. The van der Waals surface area contributed by atoms with Crippen molar-refractivity contribution in [3.63, 3.8) is 0 Å². The summed E-state index contributed by atoms with van der Waals surface area (Å²) in [6.45, 7) is 1.65. The van der Waals surface area contributed by atoms with E-state index in [0.29, 0.717) is 6.04 Å². The van der Waals surface area contributed by atoms with E-state index in [4.69, 9.17) is 0 Å². The number of rotatable bonds is 3. The number of piperidine rings is 1. The SMILES string of the molecule is CNC1CCCN(C(=O)C=Cc2cccnc2)C1. The summed E-state index contributed by atoms with van der Waals surface area (Å²) in [5, 5.41) is 3.23. The monoisotopic (exact) mass is 245 g/mol. The van der Waals surface area contributed by atoms with Crippen LogP contribution in [0.25, 0.3) is 6.08 Å². The van der Waals surface area contributed by atoms with Gasteiger partial charge in [0.1, 0.15) is 0 Å². The Morgan fingerprint density at radius 2 is 2.50 bits per heavy atom. The number of likely N-dealkylation sites (N-methyl/N-ethyl adjacent to an activating group) is 1. The lowest BCUT2D eigenvalue weighted by molar-refractivity contribution is -0.127. The summed E-state index contributed by atoms with van der Waals surface area (Å²) in [7, 11) is 1.95. The Balaban J connectivity index is 1.93. The fourth-order valence-electron chi connectivity index (χ4n) is 2.16. The Morgan fingerprint density at radius 3 is 3.22 bits per heavy atom.